The Hall–Kier alpha value is -3.94. The van der Waals surface area contributed by atoms with Gasteiger partial charge in [0.05, 0.1) is 0 Å². The lowest BCUT2D eigenvalue weighted by Gasteiger charge is -2.27. The molecule has 0 spiro atoms. The van der Waals surface area contributed by atoms with Crippen LogP contribution < -0.4 is 10.6 Å². The lowest BCUT2D eigenvalue weighted by atomic mass is 9.90. The Bertz CT molecular complexity index is 1310. The Kier molecular flexibility index (Phi) is 4.58. The third-order valence-electron chi connectivity index (χ3n) is 6.22. The molecule has 7 nitrogen and oxygen atoms in total. The second kappa shape index (κ2) is 7.33. The first-order chi connectivity index (χ1) is 15.3. The summed E-state index contributed by atoms with van der Waals surface area (Å²) in [6, 6.07) is 10.9. The maximum absolute atomic E-state index is 13.5. The van der Waals surface area contributed by atoms with Crippen LogP contribution in [0.25, 0.3) is 16.5 Å². The summed E-state index contributed by atoms with van der Waals surface area (Å²) in [5.41, 5.74) is 2.66. The molecular weight excluding hydrogens is 411 g/mol. The molecule has 0 aliphatic carbocycles. The molecule has 0 saturated carbocycles. The summed E-state index contributed by atoms with van der Waals surface area (Å²) < 4.78 is 13.5. The fourth-order valence-corrected chi connectivity index (χ4v) is 4.35. The minimum Gasteiger partial charge on any atom is -0.360 e. The van der Waals surface area contributed by atoms with Crippen molar-refractivity contribution >= 4 is 34.3 Å². The molecule has 3 N–H and O–H groups in total. The molecule has 1 saturated heterocycles. The highest BCUT2D eigenvalue weighted by atomic mass is 19.1. The summed E-state index contributed by atoms with van der Waals surface area (Å²) in [7, 11) is 0. The molecule has 32 heavy (non-hydrogen) atoms. The molecule has 2 aromatic carbocycles. The number of nitrogens with zero attached hydrogens (tertiary/aromatic N) is 1. The molecule has 2 aliphatic heterocycles. The highest BCUT2D eigenvalue weighted by Crippen LogP contribution is 2.30. The first kappa shape index (κ1) is 20.0. The number of urea groups is 1. The van der Waals surface area contributed by atoms with Gasteiger partial charge < -0.3 is 15.2 Å². The maximum atomic E-state index is 13.5. The van der Waals surface area contributed by atoms with Crippen LogP contribution in [-0.2, 0) is 10.3 Å². The van der Waals surface area contributed by atoms with Crippen molar-refractivity contribution in [2.75, 3.05) is 13.1 Å². The second-order valence-corrected chi connectivity index (χ2v) is 8.24. The van der Waals surface area contributed by atoms with E-state index in [0.717, 1.165) is 22.0 Å². The van der Waals surface area contributed by atoms with Gasteiger partial charge in [0.25, 0.3) is 11.8 Å². The minimum atomic E-state index is -1.21. The van der Waals surface area contributed by atoms with E-state index in [9.17, 15) is 18.8 Å². The highest BCUT2D eigenvalue weighted by molar-refractivity contribution is 6.07. The third-order valence-corrected chi connectivity index (χ3v) is 6.22. The molecular formula is C24H21FN4O3. The van der Waals surface area contributed by atoms with Crippen LogP contribution in [0.2, 0.25) is 0 Å². The standard InChI is InChI=1S/C24H21FN4O3/c1-24(22(31)27-23(32)28-24)16-4-2-3-15(11-16)21(30)29-9-7-14(8-10-29)19-13-26-20-12-17(25)5-6-18(19)20/h2-7,11-13,26H,8-10H2,1H3,(H2,27,28,31,32). The first-order valence-corrected chi connectivity index (χ1v) is 10.3. The van der Waals surface area contributed by atoms with E-state index in [0.29, 0.717) is 30.6 Å². The van der Waals surface area contributed by atoms with Crippen molar-refractivity contribution in [2.24, 2.45) is 0 Å². The number of rotatable bonds is 3. The predicted molar refractivity (Wildman–Crippen MR) is 117 cm³/mol. The number of hydrogen-bond acceptors (Lipinski definition) is 3. The van der Waals surface area contributed by atoms with Crippen LogP contribution in [0.15, 0.2) is 54.7 Å². The van der Waals surface area contributed by atoms with Crippen molar-refractivity contribution < 1.29 is 18.8 Å². The Morgan fingerprint density at radius 3 is 2.72 bits per heavy atom. The van der Waals surface area contributed by atoms with Crippen LogP contribution in [0.1, 0.15) is 34.8 Å². The number of halogens is 1. The first-order valence-electron chi connectivity index (χ1n) is 10.3. The van der Waals surface area contributed by atoms with E-state index < -0.39 is 17.5 Å². The number of imide groups is 1. The molecule has 8 heteroatoms. The summed E-state index contributed by atoms with van der Waals surface area (Å²) >= 11 is 0. The predicted octanol–water partition coefficient (Wildman–Crippen LogP) is 3.29. The van der Waals surface area contributed by atoms with Crippen molar-refractivity contribution in [1.29, 1.82) is 0 Å². The average Bonchev–Trinajstić information content (AvgIpc) is 3.33. The van der Waals surface area contributed by atoms with Gasteiger partial charge in [0, 0.05) is 41.3 Å². The molecule has 3 aromatic rings. The van der Waals surface area contributed by atoms with Crippen LogP contribution in [0.5, 0.6) is 0 Å². The van der Waals surface area contributed by atoms with E-state index in [1.165, 1.54) is 12.1 Å². The Morgan fingerprint density at radius 2 is 2.00 bits per heavy atom. The van der Waals surface area contributed by atoms with Gasteiger partial charge in [-0.3, -0.25) is 14.9 Å². The topological polar surface area (TPSA) is 94.3 Å². The normalized spacial score (nSPS) is 20.8. The molecule has 5 rings (SSSR count). The number of fused-ring (bicyclic) bond motifs is 1. The Morgan fingerprint density at radius 1 is 1.16 bits per heavy atom. The van der Waals surface area contributed by atoms with E-state index in [1.807, 2.05) is 12.3 Å². The quantitative estimate of drug-likeness (QED) is 0.555. The zero-order valence-corrected chi connectivity index (χ0v) is 17.4. The van der Waals surface area contributed by atoms with Gasteiger partial charge in [0.1, 0.15) is 11.4 Å². The molecule has 162 valence electrons. The van der Waals surface area contributed by atoms with Crippen LogP contribution in [0, 0.1) is 5.82 Å². The Labute approximate surface area is 183 Å². The lowest BCUT2D eigenvalue weighted by Crippen LogP contribution is -2.41. The monoisotopic (exact) mass is 432 g/mol. The van der Waals surface area contributed by atoms with Gasteiger partial charge in [0.15, 0.2) is 0 Å². The van der Waals surface area contributed by atoms with Gasteiger partial charge >= 0.3 is 6.03 Å². The van der Waals surface area contributed by atoms with Crippen LogP contribution in [0.4, 0.5) is 9.18 Å². The highest BCUT2D eigenvalue weighted by Gasteiger charge is 2.43. The molecule has 1 fully saturated rings. The van der Waals surface area contributed by atoms with Gasteiger partial charge in [-0.15, -0.1) is 0 Å². The number of H-pyrrole nitrogens is 1. The number of amides is 4. The van der Waals surface area contributed by atoms with Gasteiger partial charge in [-0.05, 0) is 54.8 Å². The number of aromatic nitrogens is 1. The summed E-state index contributed by atoms with van der Waals surface area (Å²) in [6.45, 7) is 2.60. The fourth-order valence-electron chi connectivity index (χ4n) is 4.35. The number of hydrogen-bond donors (Lipinski definition) is 3. The number of nitrogens with one attached hydrogen (secondary N) is 3. The van der Waals surface area contributed by atoms with E-state index in [2.05, 4.69) is 15.6 Å². The third kappa shape index (κ3) is 3.24. The lowest BCUT2D eigenvalue weighted by molar-refractivity contribution is -0.123. The largest absolute Gasteiger partial charge is 0.360 e. The second-order valence-electron chi connectivity index (χ2n) is 8.24. The maximum Gasteiger partial charge on any atom is 0.322 e. The number of benzene rings is 2. The summed E-state index contributed by atoms with van der Waals surface area (Å²) in [5.74, 6) is -0.876. The zero-order valence-electron chi connectivity index (χ0n) is 17.4. The Balaban J connectivity index is 1.36. The molecule has 4 amide bonds. The molecule has 2 aliphatic rings. The van der Waals surface area contributed by atoms with E-state index in [1.54, 1.807) is 42.2 Å². The molecule has 1 aromatic heterocycles. The van der Waals surface area contributed by atoms with Crippen molar-refractivity contribution in [2.45, 2.75) is 18.9 Å². The molecule has 3 heterocycles. The summed E-state index contributed by atoms with van der Waals surface area (Å²) in [5, 5.41) is 5.81. The smallest absolute Gasteiger partial charge is 0.322 e. The summed E-state index contributed by atoms with van der Waals surface area (Å²) in [4.78, 5) is 41.8. The summed E-state index contributed by atoms with van der Waals surface area (Å²) in [6.07, 6.45) is 4.56. The molecule has 1 unspecified atom stereocenters. The number of carbonyl (C=O) groups excluding carboxylic acids is 3. The average molecular weight is 432 g/mol. The van der Waals surface area contributed by atoms with Crippen LogP contribution >= 0.6 is 0 Å². The van der Waals surface area contributed by atoms with Crippen molar-refractivity contribution in [3.05, 3.63) is 77.2 Å². The molecule has 0 radical (unpaired) electrons. The van der Waals surface area contributed by atoms with Crippen molar-refractivity contribution in [3.63, 3.8) is 0 Å². The fraction of sp³-hybridized carbons (Fsp3) is 0.208. The van der Waals surface area contributed by atoms with Crippen molar-refractivity contribution in [3.8, 4) is 0 Å². The van der Waals surface area contributed by atoms with E-state index in [-0.39, 0.29) is 11.7 Å². The van der Waals surface area contributed by atoms with E-state index in [4.69, 9.17) is 0 Å². The van der Waals surface area contributed by atoms with E-state index >= 15 is 0 Å². The minimum absolute atomic E-state index is 0.142. The van der Waals surface area contributed by atoms with Gasteiger partial charge in [0.2, 0.25) is 0 Å². The van der Waals surface area contributed by atoms with Gasteiger partial charge in [-0.1, -0.05) is 18.2 Å². The SMILES string of the molecule is CC1(c2cccc(C(=O)N3CC=C(c4c[nH]c5cc(F)ccc45)CC3)c2)NC(=O)NC1=O. The van der Waals surface area contributed by atoms with Gasteiger partial charge in [-0.25, -0.2) is 9.18 Å². The number of aromatic amines is 1. The zero-order chi connectivity index (χ0) is 22.5. The van der Waals surface area contributed by atoms with Crippen LogP contribution in [-0.4, -0.2) is 40.8 Å². The molecule has 1 atom stereocenters. The molecule has 0 bridgehead atoms. The van der Waals surface area contributed by atoms with Crippen LogP contribution in [0.3, 0.4) is 0 Å². The number of carbonyl (C=O) groups is 3. The van der Waals surface area contributed by atoms with Crippen molar-refractivity contribution in [1.82, 2.24) is 20.5 Å². The van der Waals surface area contributed by atoms with Gasteiger partial charge in [-0.2, -0.15) is 0 Å².